The third-order valence-electron chi connectivity index (χ3n) is 3.87. The minimum absolute atomic E-state index is 0.206. The maximum atomic E-state index is 12.8. The number of benzene rings is 2. The van der Waals surface area contributed by atoms with Crippen molar-refractivity contribution in [1.29, 1.82) is 0 Å². The number of rotatable bonds is 6. The summed E-state index contributed by atoms with van der Waals surface area (Å²) < 4.78 is 35.4. The third kappa shape index (κ3) is 3.72. The van der Waals surface area contributed by atoms with Crippen LogP contribution in [-0.2, 0) is 17.1 Å². The maximum Gasteiger partial charge on any atom is 0.241 e. The molecule has 0 aliphatic heterocycles. The van der Waals surface area contributed by atoms with Gasteiger partial charge < -0.3 is 9.30 Å². The van der Waals surface area contributed by atoms with Crippen LogP contribution in [0.1, 0.15) is 17.4 Å². The van der Waals surface area contributed by atoms with Gasteiger partial charge in [0, 0.05) is 19.4 Å². The molecule has 1 unspecified atom stereocenters. The molecule has 0 spiro atoms. The van der Waals surface area contributed by atoms with Crippen molar-refractivity contribution in [2.45, 2.75) is 10.9 Å². The van der Waals surface area contributed by atoms with Gasteiger partial charge >= 0.3 is 0 Å². The first-order valence-corrected chi connectivity index (χ1v) is 9.18. The highest BCUT2D eigenvalue weighted by Gasteiger charge is 2.25. The van der Waals surface area contributed by atoms with Gasteiger partial charge in [-0.1, -0.05) is 30.3 Å². The summed E-state index contributed by atoms with van der Waals surface area (Å²) in [5, 5.41) is 0. The summed E-state index contributed by atoms with van der Waals surface area (Å²) in [5.41, 5.74) is 0.744. The first-order valence-electron chi connectivity index (χ1n) is 7.70. The Labute approximate surface area is 147 Å². The molecular weight excluding hydrogens is 338 g/mol. The number of hydrogen-bond donors (Lipinski definition) is 1. The van der Waals surface area contributed by atoms with Gasteiger partial charge in [0.1, 0.15) is 17.6 Å². The van der Waals surface area contributed by atoms with Gasteiger partial charge in [0.25, 0.3) is 0 Å². The highest BCUT2D eigenvalue weighted by atomic mass is 32.2. The topological polar surface area (TPSA) is 73.2 Å². The minimum Gasteiger partial charge on any atom is -0.497 e. The monoisotopic (exact) mass is 357 g/mol. The van der Waals surface area contributed by atoms with Crippen molar-refractivity contribution < 1.29 is 13.2 Å². The molecule has 1 N–H and O–H groups in total. The van der Waals surface area contributed by atoms with Gasteiger partial charge in [-0.3, -0.25) is 0 Å². The third-order valence-corrected chi connectivity index (χ3v) is 5.31. The van der Waals surface area contributed by atoms with Crippen LogP contribution in [0.2, 0.25) is 0 Å². The summed E-state index contributed by atoms with van der Waals surface area (Å²) in [6, 6.07) is 14.9. The van der Waals surface area contributed by atoms with Crippen molar-refractivity contribution >= 4 is 10.0 Å². The molecule has 0 bridgehead atoms. The molecule has 130 valence electrons. The van der Waals surface area contributed by atoms with Gasteiger partial charge in [-0.15, -0.1) is 0 Å². The van der Waals surface area contributed by atoms with E-state index in [-0.39, 0.29) is 4.90 Å². The molecule has 7 heteroatoms. The minimum atomic E-state index is -3.71. The highest BCUT2D eigenvalue weighted by Crippen LogP contribution is 2.26. The molecule has 0 fully saturated rings. The van der Waals surface area contributed by atoms with E-state index < -0.39 is 16.1 Å². The summed E-state index contributed by atoms with van der Waals surface area (Å²) in [5.74, 6) is 1.24. The van der Waals surface area contributed by atoms with E-state index in [4.69, 9.17) is 4.74 Å². The van der Waals surface area contributed by atoms with E-state index in [2.05, 4.69) is 9.71 Å². The van der Waals surface area contributed by atoms with Crippen LogP contribution in [0.5, 0.6) is 5.75 Å². The number of aryl methyl sites for hydroxylation is 1. The lowest BCUT2D eigenvalue weighted by Crippen LogP contribution is -2.31. The zero-order valence-electron chi connectivity index (χ0n) is 14.0. The highest BCUT2D eigenvalue weighted by molar-refractivity contribution is 7.89. The van der Waals surface area contributed by atoms with E-state index in [9.17, 15) is 8.42 Å². The average molecular weight is 357 g/mol. The van der Waals surface area contributed by atoms with Gasteiger partial charge in [-0.25, -0.2) is 13.4 Å². The summed E-state index contributed by atoms with van der Waals surface area (Å²) >= 11 is 0. The number of methoxy groups -OCH3 is 1. The Bertz CT molecular complexity index is 952. The van der Waals surface area contributed by atoms with Gasteiger partial charge in [0.15, 0.2) is 0 Å². The van der Waals surface area contributed by atoms with Crippen molar-refractivity contribution in [2.75, 3.05) is 7.11 Å². The molecule has 0 aliphatic carbocycles. The number of imidazole rings is 1. The van der Waals surface area contributed by atoms with E-state index >= 15 is 0 Å². The molecule has 0 aliphatic rings. The van der Waals surface area contributed by atoms with Crippen LogP contribution < -0.4 is 9.46 Å². The van der Waals surface area contributed by atoms with Crippen LogP contribution in [-0.4, -0.2) is 25.1 Å². The van der Waals surface area contributed by atoms with Crippen molar-refractivity contribution in [3.63, 3.8) is 0 Å². The van der Waals surface area contributed by atoms with Crippen LogP contribution >= 0.6 is 0 Å². The molecule has 0 saturated carbocycles. The Hall–Kier alpha value is -2.64. The van der Waals surface area contributed by atoms with E-state index in [1.807, 2.05) is 25.2 Å². The van der Waals surface area contributed by atoms with Gasteiger partial charge in [0.2, 0.25) is 10.0 Å². The van der Waals surface area contributed by atoms with E-state index in [1.54, 1.807) is 60.5 Å². The molecule has 1 heterocycles. The predicted molar refractivity (Wildman–Crippen MR) is 94.8 cm³/mol. The number of ether oxygens (including phenoxy) is 1. The molecule has 0 radical (unpaired) electrons. The predicted octanol–water partition coefficient (Wildman–Crippen LogP) is 2.50. The first-order chi connectivity index (χ1) is 12.0. The lowest BCUT2D eigenvalue weighted by Gasteiger charge is -2.19. The molecule has 3 rings (SSSR count). The normalized spacial score (nSPS) is 12.7. The van der Waals surface area contributed by atoms with E-state index in [0.29, 0.717) is 11.6 Å². The van der Waals surface area contributed by atoms with Gasteiger partial charge in [0.05, 0.1) is 12.0 Å². The number of sulfonamides is 1. The van der Waals surface area contributed by atoms with Crippen LogP contribution in [0.25, 0.3) is 0 Å². The Morgan fingerprint density at radius 2 is 1.88 bits per heavy atom. The summed E-state index contributed by atoms with van der Waals surface area (Å²) in [7, 11) is -0.316. The Morgan fingerprint density at radius 3 is 2.52 bits per heavy atom. The van der Waals surface area contributed by atoms with Crippen LogP contribution in [0.3, 0.4) is 0 Å². The Kier molecular flexibility index (Phi) is 4.87. The second-order valence-electron chi connectivity index (χ2n) is 5.54. The average Bonchev–Trinajstić information content (AvgIpc) is 3.06. The standard InChI is InChI=1S/C18H19N3O3S/c1-21-12-11-19-18(21)17(14-7-6-8-15(13-14)24-2)20-25(22,23)16-9-4-3-5-10-16/h3-13,17,20H,1-2H3. The summed E-state index contributed by atoms with van der Waals surface area (Å²) in [6.07, 6.45) is 3.42. The molecule has 2 aromatic carbocycles. The Morgan fingerprint density at radius 1 is 1.12 bits per heavy atom. The molecule has 3 aromatic rings. The molecular formula is C18H19N3O3S. The fourth-order valence-corrected chi connectivity index (χ4v) is 3.77. The second-order valence-corrected chi connectivity index (χ2v) is 7.25. The van der Waals surface area contributed by atoms with Crippen molar-refractivity contribution in [2.24, 2.45) is 7.05 Å². The van der Waals surface area contributed by atoms with Crippen molar-refractivity contribution in [3.8, 4) is 5.75 Å². The lowest BCUT2D eigenvalue weighted by molar-refractivity contribution is 0.413. The molecule has 1 aromatic heterocycles. The zero-order chi connectivity index (χ0) is 17.9. The quantitative estimate of drug-likeness (QED) is 0.736. The molecule has 6 nitrogen and oxygen atoms in total. The SMILES string of the molecule is COc1cccc(C(NS(=O)(=O)c2ccccc2)c2nccn2C)c1. The van der Waals surface area contributed by atoms with Crippen LogP contribution in [0.15, 0.2) is 71.9 Å². The lowest BCUT2D eigenvalue weighted by atomic mass is 10.1. The summed E-state index contributed by atoms with van der Waals surface area (Å²) in [6.45, 7) is 0. The van der Waals surface area contributed by atoms with Crippen LogP contribution in [0.4, 0.5) is 0 Å². The van der Waals surface area contributed by atoms with Crippen LogP contribution in [0, 0.1) is 0 Å². The maximum absolute atomic E-state index is 12.8. The molecule has 1 atom stereocenters. The number of hydrogen-bond acceptors (Lipinski definition) is 4. The number of nitrogens with zero attached hydrogens (tertiary/aromatic N) is 2. The van der Waals surface area contributed by atoms with E-state index in [1.165, 1.54) is 0 Å². The smallest absolute Gasteiger partial charge is 0.241 e. The zero-order valence-corrected chi connectivity index (χ0v) is 14.8. The number of aromatic nitrogens is 2. The molecule has 25 heavy (non-hydrogen) atoms. The molecule has 0 amide bonds. The van der Waals surface area contributed by atoms with E-state index in [0.717, 1.165) is 5.56 Å². The van der Waals surface area contributed by atoms with Gasteiger partial charge in [-0.05, 0) is 29.8 Å². The summed E-state index contributed by atoms with van der Waals surface area (Å²) in [4.78, 5) is 4.53. The molecule has 0 saturated heterocycles. The van der Waals surface area contributed by atoms with Crippen molar-refractivity contribution in [3.05, 3.63) is 78.4 Å². The largest absolute Gasteiger partial charge is 0.497 e. The Balaban J connectivity index is 2.05. The fraction of sp³-hybridized carbons (Fsp3) is 0.167. The first kappa shape index (κ1) is 17.2. The van der Waals surface area contributed by atoms with Crippen molar-refractivity contribution in [1.82, 2.24) is 14.3 Å². The number of nitrogens with one attached hydrogen (secondary N) is 1. The fourth-order valence-electron chi connectivity index (χ4n) is 2.57. The second kappa shape index (κ2) is 7.08. The van der Waals surface area contributed by atoms with Gasteiger partial charge in [-0.2, -0.15) is 4.72 Å².